The topological polar surface area (TPSA) is 135 Å². The fraction of sp³-hybridized carbons (Fsp3) is 0.353. The molecule has 0 aromatic carbocycles. The molecule has 0 saturated carbocycles. The Morgan fingerprint density at radius 3 is 2.57 bits per heavy atom. The summed E-state index contributed by atoms with van der Waals surface area (Å²) in [5.41, 5.74) is -0.0612. The Labute approximate surface area is 163 Å². The number of thioether (sulfide) groups is 1. The minimum Gasteiger partial charge on any atom is -0.477 e. The molecule has 1 saturated heterocycles. The van der Waals surface area contributed by atoms with Crippen molar-refractivity contribution in [2.45, 2.75) is 24.9 Å². The van der Waals surface area contributed by atoms with E-state index in [0.717, 1.165) is 4.90 Å². The van der Waals surface area contributed by atoms with Gasteiger partial charge in [0.25, 0.3) is 5.91 Å². The highest BCUT2D eigenvalue weighted by atomic mass is 32.2. The predicted octanol–water partition coefficient (Wildman–Crippen LogP) is -0.850. The smallest absolute Gasteiger partial charge is 0.352 e. The number of aromatic nitrogens is 1. The molecule has 148 valence electrons. The third kappa shape index (κ3) is 3.93. The maximum absolute atomic E-state index is 12.5. The van der Waals surface area contributed by atoms with Crippen LogP contribution in [0.25, 0.3) is 0 Å². The van der Waals surface area contributed by atoms with Crippen molar-refractivity contribution in [2.75, 3.05) is 12.4 Å². The van der Waals surface area contributed by atoms with E-state index in [1.807, 2.05) is 0 Å². The van der Waals surface area contributed by atoms with Crippen LogP contribution in [-0.4, -0.2) is 62.1 Å². The molecule has 0 radical (unpaired) electrons. The van der Waals surface area contributed by atoms with Gasteiger partial charge in [-0.05, 0) is 0 Å². The van der Waals surface area contributed by atoms with Crippen LogP contribution in [0.1, 0.15) is 6.92 Å². The molecule has 1 aromatic rings. The van der Waals surface area contributed by atoms with Gasteiger partial charge in [-0.3, -0.25) is 24.1 Å². The number of nitrogens with one attached hydrogen (secondary N) is 1. The zero-order valence-corrected chi connectivity index (χ0v) is 15.6. The van der Waals surface area contributed by atoms with Gasteiger partial charge in [0, 0.05) is 42.8 Å². The molecule has 10 nitrogen and oxygen atoms in total. The van der Waals surface area contributed by atoms with Gasteiger partial charge in [0.15, 0.2) is 5.43 Å². The number of hydrogen-bond donors (Lipinski definition) is 2. The number of ether oxygens (including phenoxy) is 1. The first-order chi connectivity index (χ1) is 13.3. The number of β-lactam (4-membered cyclic amide) rings is 1. The summed E-state index contributed by atoms with van der Waals surface area (Å²) in [6.07, 6.45) is 2.91. The number of carboxylic acids is 1. The molecule has 2 N–H and O–H groups in total. The van der Waals surface area contributed by atoms with Crippen LogP contribution in [0.4, 0.5) is 0 Å². The van der Waals surface area contributed by atoms with Crippen molar-refractivity contribution in [3.05, 3.63) is 46.0 Å². The number of carbonyl (C=O) groups is 4. The molecule has 2 atom stereocenters. The molecule has 0 bridgehead atoms. The molecule has 2 unspecified atom stereocenters. The second-order valence-electron chi connectivity index (χ2n) is 6.20. The number of rotatable bonds is 6. The molecule has 11 heteroatoms. The van der Waals surface area contributed by atoms with Gasteiger partial charge in [-0.2, -0.15) is 0 Å². The van der Waals surface area contributed by atoms with Crippen molar-refractivity contribution in [1.29, 1.82) is 0 Å². The second kappa shape index (κ2) is 7.89. The van der Waals surface area contributed by atoms with E-state index in [1.165, 1.54) is 47.8 Å². The van der Waals surface area contributed by atoms with Crippen molar-refractivity contribution in [3.8, 4) is 0 Å². The van der Waals surface area contributed by atoms with E-state index in [0.29, 0.717) is 5.57 Å². The van der Waals surface area contributed by atoms with Crippen molar-refractivity contribution in [3.63, 3.8) is 0 Å². The molecule has 28 heavy (non-hydrogen) atoms. The number of amides is 2. The Balaban J connectivity index is 1.68. The summed E-state index contributed by atoms with van der Waals surface area (Å²) in [6, 6.07) is 1.78. The molecule has 3 rings (SSSR count). The van der Waals surface area contributed by atoms with Crippen LogP contribution in [0.5, 0.6) is 0 Å². The van der Waals surface area contributed by atoms with Gasteiger partial charge in [0.1, 0.15) is 30.3 Å². The SMILES string of the molecule is CC(=O)OCC1=C(C(=O)O)N2C(=O)C(NC(=O)Cn3ccc(=O)cc3)C2SC1. The lowest BCUT2D eigenvalue weighted by Gasteiger charge is -2.49. The van der Waals surface area contributed by atoms with E-state index in [-0.39, 0.29) is 30.0 Å². The largest absolute Gasteiger partial charge is 0.477 e. The fourth-order valence-corrected chi connectivity index (χ4v) is 4.24. The molecular weight excluding hydrogens is 390 g/mol. The average molecular weight is 407 g/mol. The van der Waals surface area contributed by atoms with Gasteiger partial charge >= 0.3 is 11.9 Å². The first-order valence-corrected chi connectivity index (χ1v) is 9.31. The van der Waals surface area contributed by atoms with Crippen LogP contribution < -0.4 is 10.7 Å². The highest BCUT2D eigenvalue weighted by Gasteiger charge is 2.54. The highest BCUT2D eigenvalue weighted by molar-refractivity contribution is 8.00. The molecule has 1 fully saturated rings. The Morgan fingerprint density at radius 1 is 1.29 bits per heavy atom. The van der Waals surface area contributed by atoms with Crippen LogP contribution >= 0.6 is 11.8 Å². The van der Waals surface area contributed by atoms with E-state index in [4.69, 9.17) is 4.74 Å². The maximum Gasteiger partial charge on any atom is 0.352 e. The first kappa shape index (κ1) is 19.7. The molecule has 2 amide bonds. The van der Waals surface area contributed by atoms with E-state index >= 15 is 0 Å². The van der Waals surface area contributed by atoms with Gasteiger partial charge < -0.3 is 19.7 Å². The summed E-state index contributed by atoms with van der Waals surface area (Å²) in [7, 11) is 0. The van der Waals surface area contributed by atoms with Gasteiger partial charge in [0.05, 0.1) is 0 Å². The number of aliphatic carboxylic acids is 1. The second-order valence-corrected chi connectivity index (χ2v) is 7.30. The van der Waals surface area contributed by atoms with Crippen LogP contribution in [0.2, 0.25) is 0 Å². The average Bonchev–Trinajstić information content (AvgIpc) is 2.65. The number of pyridine rings is 1. The van der Waals surface area contributed by atoms with Crippen molar-refractivity contribution < 1.29 is 29.0 Å². The van der Waals surface area contributed by atoms with Gasteiger partial charge in [-0.1, -0.05) is 0 Å². The minimum absolute atomic E-state index is 0.0826. The summed E-state index contributed by atoms with van der Waals surface area (Å²) in [5.74, 6) is -2.56. The van der Waals surface area contributed by atoms with Gasteiger partial charge in [-0.25, -0.2) is 4.79 Å². The van der Waals surface area contributed by atoms with Crippen LogP contribution in [0, 0.1) is 0 Å². The number of esters is 1. The molecule has 1 aromatic heterocycles. The van der Waals surface area contributed by atoms with Crippen LogP contribution in [0.15, 0.2) is 40.6 Å². The fourth-order valence-electron chi connectivity index (χ4n) is 2.92. The number of carboxylic acid groups (broad SMARTS) is 1. The van der Waals surface area contributed by atoms with Crippen molar-refractivity contribution >= 4 is 35.5 Å². The lowest BCUT2D eigenvalue weighted by molar-refractivity contribution is -0.151. The number of carbonyl (C=O) groups excluding carboxylic acids is 3. The van der Waals surface area contributed by atoms with Gasteiger partial charge in [0.2, 0.25) is 5.91 Å². The lowest BCUT2D eigenvalue weighted by Crippen LogP contribution is -2.70. The van der Waals surface area contributed by atoms with Crippen LogP contribution in [0.3, 0.4) is 0 Å². The quantitative estimate of drug-likeness (QED) is 0.460. The zero-order chi connectivity index (χ0) is 20.4. The van der Waals surface area contributed by atoms with E-state index < -0.39 is 35.2 Å². The molecule has 3 heterocycles. The summed E-state index contributed by atoms with van der Waals surface area (Å²) in [4.78, 5) is 59.5. The predicted molar refractivity (Wildman–Crippen MR) is 97.0 cm³/mol. The number of nitrogens with zero attached hydrogens (tertiary/aromatic N) is 2. The zero-order valence-electron chi connectivity index (χ0n) is 14.8. The Hall–Kier alpha value is -3.08. The molecule has 0 spiro atoms. The van der Waals surface area contributed by atoms with E-state index in [1.54, 1.807) is 0 Å². The first-order valence-electron chi connectivity index (χ1n) is 8.26. The third-order valence-corrected chi connectivity index (χ3v) is 5.54. The number of hydrogen-bond acceptors (Lipinski definition) is 7. The van der Waals surface area contributed by atoms with Crippen molar-refractivity contribution in [1.82, 2.24) is 14.8 Å². The van der Waals surface area contributed by atoms with E-state index in [9.17, 15) is 29.1 Å². The minimum atomic E-state index is -1.29. The number of fused-ring (bicyclic) bond motifs is 1. The summed E-state index contributed by atoms with van der Waals surface area (Å²) >= 11 is 1.29. The van der Waals surface area contributed by atoms with Crippen LogP contribution in [-0.2, 0) is 30.5 Å². The Kier molecular flexibility index (Phi) is 5.54. The summed E-state index contributed by atoms with van der Waals surface area (Å²) in [6.45, 7) is 0.924. The maximum atomic E-state index is 12.5. The summed E-state index contributed by atoms with van der Waals surface area (Å²) < 4.78 is 6.36. The third-order valence-electron chi connectivity index (χ3n) is 4.20. The normalized spacial score (nSPS) is 20.9. The highest BCUT2D eigenvalue weighted by Crippen LogP contribution is 2.40. The van der Waals surface area contributed by atoms with Crippen molar-refractivity contribution in [2.24, 2.45) is 0 Å². The summed E-state index contributed by atoms with van der Waals surface area (Å²) in [5, 5.41) is 11.5. The Morgan fingerprint density at radius 2 is 1.96 bits per heavy atom. The molecule has 0 aliphatic carbocycles. The standard InChI is InChI=1S/C17H17N3O7S/c1-9(21)27-7-10-8-28-16-13(15(24)20(16)14(10)17(25)26)18-12(23)6-19-4-2-11(22)3-5-19/h2-5,13,16H,6-8H2,1H3,(H,18,23)(H,25,26). The molecule has 2 aliphatic rings. The molecule has 2 aliphatic heterocycles. The monoisotopic (exact) mass is 407 g/mol. The van der Waals surface area contributed by atoms with E-state index in [2.05, 4.69) is 5.32 Å². The lowest BCUT2D eigenvalue weighted by atomic mass is 10.0. The molecular formula is C17H17N3O7S. The van der Waals surface area contributed by atoms with Gasteiger partial charge in [-0.15, -0.1) is 11.8 Å². The Bertz CT molecular complexity index is 918.